The minimum atomic E-state index is 0.445. The Morgan fingerprint density at radius 1 is 1.15 bits per heavy atom. The van der Waals surface area contributed by atoms with E-state index in [4.69, 9.17) is 27.9 Å². The van der Waals surface area contributed by atoms with E-state index in [1.54, 1.807) is 0 Å². The topological polar surface area (TPSA) is 24.5 Å². The standard InChI is InChI=1S/C21H26Cl2N2O/c1-2-25-11-5-7-19(25)14-24-13-17-12-18(22)9-10-21(17)26-15-16-6-3-4-8-20(16)23/h3-4,6,8-10,12,19,24H,2,5,7,11,13-15H2,1H3. The number of nitrogens with one attached hydrogen (secondary N) is 1. The summed E-state index contributed by atoms with van der Waals surface area (Å²) in [6.45, 7) is 6.75. The average molecular weight is 393 g/mol. The van der Waals surface area contributed by atoms with Crippen LogP contribution in [0.5, 0.6) is 5.75 Å². The molecule has 0 aromatic heterocycles. The molecule has 2 aromatic carbocycles. The number of likely N-dealkylation sites (N-methyl/N-ethyl adjacent to an activating group) is 1. The van der Waals surface area contributed by atoms with Crippen LogP contribution >= 0.6 is 23.2 Å². The average Bonchev–Trinajstić information content (AvgIpc) is 3.10. The fraction of sp³-hybridized carbons (Fsp3) is 0.429. The number of ether oxygens (including phenoxy) is 1. The normalized spacial score (nSPS) is 17.6. The summed E-state index contributed by atoms with van der Waals surface area (Å²) in [6.07, 6.45) is 2.57. The highest BCUT2D eigenvalue weighted by atomic mass is 35.5. The number of rotatable bonds is 8. The molecule has 1 unspecified atom stereocenters. The number of hydrogen-bond donors (Lipinski definition) is 1. The van der Waals surface area contributed by atoms with Gasteiger partial charge in [-0.3, -0.25) is 4.90 Å². The quantitative estimate of drug-likeness (QED) is 0.672. The molecule has 0 bridgehead atoms. The molecule has 1 saturated heterocycles. The lowest BCUT2D eigenvalue weighted by Crippen LogP contribution is -2.37. The maximum atomic E-state index is 6.22. The van der Waals surface area contributed by atoms with E-state index < -0.39 is 0 Å². The van der Waals surface area contributed by atoms with Crippen LogP contribution in [0.25, 0.3) is 0 Å². The molecule has 0 aliphatic carbocycles. The second-order valence-corrected chi connectivity index (χ2v) is 7.53. The van der Waals surface area contributed by atoms with Gasteiger partial charge >= 0.3 is 0 Å². The highest BCUT2D eigenvalue weighted by Gasteiger charge is 2.22. The molecule has 1 aliphatic rings. The van der Waals surface area contributed by atoms with Gasteiger partial charge in [0.2, 0.25) is 0 Å². The van der Waals surface area contributed by atoms with Gasteiger partial charge in [-0.05, 0) is 50.2 Å². The largest absolute Gasteiger partial charge is 0.489 e. The molecule has 26 heavy (non-hydrogen) atoms. The SMILES string of the molecule is CCN1CCCC1CNCc1cc(Cl)ccc1OCc1ccccc1Cl. The second-order valence-electron chi connectivity index (χ2n) is 6.69. The van der Waals surface area contributed by atoms with E-state index in [1.165, 1.54) is 19.4 Å². The molecular weight excluding hydrogens is 367 g/mol. The molecule has 140 valence electrons. The number of benzene rings is 2. The minimum Gasteiger partial charge on any atom is -0.489 e. The van der Waals surface area contributed by atoms with Crippen molar-refractivity contribution in [2.45, 2.75) is 39.0 Å². The van der Waals surface area contributed by atoms with Gasteiger partial charge < -0.3 is 10.1 Å². The van der Waals surface area contributed by atoms with Crippen LogP contribution in [0.15, 0.2) is 42.5 Å². The molecule has 1 heterocycles. The van der Waals surface area contributed by atoms with Crippen molar-refractivity contribution >= 4 is 23.2 Å². The highest BCUT2D eigenvalue weighted by molar-refractivity contribution is 6.31. The maximum absolute atomic E-state index is 6.22. The van der Waals surface area contributed by atoms with Crippen LogP contribution in [-0.4, -0.2) is 30.6 Å². The molecule has 0 amide bonds. The van der Waals surface area contributed by atoms with Gasteiger partial charge in [-0.25, -0.2) is 0 Å². The van der Waals surface area contributed by atoms with Crippen LogP contribution in [0.2, 0.25) is 10.0 Å². The number of nitrogens with zero attached hydrogens (tertiary/aromatic N) is 1. The van der Waals surface area contributed by atoms with Crippen LogP contribution in [0.3, 0.4) is 0 Å². The van der Waals surface area contributed by atoms with Gasteiger partial charge in [-0.2, -0.15) is 0 Å². The summed E-state index contributed by atoms with van der Waals surface area (Å²) >= 11 is 12.4. The zero-order valence-corrected chi connectivity index (χ0v) is 16.7. The summed E-state index contributed by atoms with van der Waals surface area (Å²) in [7, 11) is 0. The summed E-state index contributed by atoms with van der Waals surface area (Å²) < 4.78 is 6.03. The summed E-state index contributed by atoms with van der Waals surface area (Å²) in [6, 6.07) is 14.2. The monoisotopic (exact) mass is 392 g/mol. The van der Waals surface area contributed by atoms with Gasteiger partial charge in [0.25, 0.3) is 0 Å². The lowest BCUT2D eigenvalue weighted by molar-refractivity contribution is 0.259. The third-order valence-corrected chi connectivity index (χ3v) is 5.57. The van der Waals surface area contributed by atoms with Crippen molar-refractivity contribution < 1.29 is 4.74 Å². The summed E-state index contributed by atoms with van der Waals surface area (Å²) in [5, 5.41) is 5.03. The summed E-state index contributed by atoms with van der Waals surface area (Å²) in [4.78, 5) is 2.54. The van der Waals surface area contributed by atoms with E-state index in [2.05, 4.69) is 17.1 Å². The Hall–Kier alpha value is -1.26. The van der Waals surface area contributed by atoms with Crippen molar-refractivity contribution in [3.63, 3.8) is 0 Å². The fourth-order valence-corrected chi connectivity index (χ4v) is 3.90. The van der Waals surface area contributed by atoms with Gasteiger partial charge in [0, 0.05) is 40.3 Å². The maximum Gasteiger partial charge on any atom is 0.124 e. The van der Waals surface area contributed by atoms with E-state index in [0.717, 1.165) is 46.6 Å². The first-order chi connectivity index (χ1) is 12.7. The highest BCUT2D eigenvalue weighted by Crippen LogP contribution is 2.25. The molecule has 0 spiro atoms. The Kier molecular flexibility index (Phi) is 7.21. The third-order valence-electron chi connectivity index (χ3n) is 4.96. The van der Waals surface area contributed by atoms with Gasteiger partial charge in [-0.15, -0.1) is 0 Å². The van der Waals surface area contributed by atoms with E-state index in [1.807, 2.05) is 42.5 Å². The Morgan fingerprint density at radius 3 is 2.81 bits per heavy atom. The fourth-order valence-electron chi connectivity index (χ4n) is 3.51. The molecule has 1 atom stereocenters. The van der Waals surface area contributed by atoms with Crippen molar-refractivity contribution in [3.8, 4) is 5.75 Å². The molecule has 0 radical (unpaired) electrons. The summed E-state index contributed by atoms with van der Waals surface area (Å²) in [5.74, 6) is 0.848. The van der Waals surface area contributed by atoms with Crippen LogP contribution in [0.4, 0.5) is 0 Å². The molecule has 3 rings (SSSR count). The van der Waals surface area contributed by atoms with E-state index in [0.29, 0.717) is 12.6 Å². The van der Waals surface area contributed by atoms with E-state index in [-0.39, 0.29) is 0 Å². The first-order valence-corrected chi connectivity index (χ1v) is 10.0. The molecule has 0 saturated carbocycles. The van der Waals surface area contributed by atoms with Crippen molar-refractivity contribution in [1.29, 1.82) is 0 Å². The molecule has 1 aliphatic heterocycles. The lowest BCUT2D eigenvalue weighted by Gasteiger charge is -2.23. The Labute approximate surface area is 166 Å². The smallest absolute Gasteiger partial charge is 0.124 e. The van der Waals surface area contributed by atoms with Gasteiger partial charge in [0.15, 0.2) is 0 Å². The molecule has 5 heteroatoms. The number of hydrogen-bond acceptors (Lipinski definition) is 3. The first-order valence-electron chi connectivity index (χ1n) is 9.26. The molecule has 1 N–H and O–H groups in total. The molecule has 1 fully saturated rings. The zero-order chi connectivity index (χ0) is 18.4. The van der Waals surface area contributed by atoms with Crippen LogP contribution in [-0.2, 0) is 13.2 Å². The Bertz CT molecular complexity index is 723. The number of halogens is 2. The van der Waals surface area contributed by atoms with Gasteiger partial charge in [-0.1, -0.05) is 48.3 Å². The number of likely N-dealkylation sites (tertiary alicyclic amines) is 1. The predicted octanol–water partition coefficient (Wildman–Crippen LogP) is 5.15. The Balaban J connectivity index is 1.59. The van der Waals surface area contributed by atoms with Crippen molar-refractivity contribution in [2.75, 3.05) is 19.6 Å². The Morgan fingerprint density at radius 2 is 2.00 bits per heavy atom. The summed E-state index contributed by atoms with van der Waals surface area (Å²) in [5.41, 5.74) is 2.05. The first kappa shape index (κ1) is 19.5. The minimum absolute atomic E-state index is 0.445. The third kappa shape index (κ3) is 5.14. The molecule has 2 aromatic rings. The second kappa shape index (κ2) is 9.61. The van der Waals surface area contributed by atoms with Gasteiger partial charge in [0.05, 0.1) is 0 Å². The van der Waals surface area contributed by atoms with Crippen molar-refractivity contribution in [1.82, 2.24) is 10.2 Å². The molecular formula is C21H26Cl2N2O. The van der Waals surface area contributed by atoms with Crippen molar-refractivity contribution in [2.24, 2.45) is 0 Å². The lowest BCUT2D eigenvalue weighted by atomic mass is 10.1. The van der Waals surface area contributed by atoms with Crippen LogP contribution in [0, 0.1) is 0 Å². The van der Waals surface area contributed by atoms with Crippen LogP contribution in [0.1, 0.15) is 30.9 Å². The zero-order valence-electron chi connectivity index (χ0n) is 15.2. The molecule has 3 nitrogen and oxygen atoms in total. The van der Waals surface area contributed by atoms with E-state index in [9.17, 15) is 0 Å². The van der Waals surface area contributed by atoms with Crippen LogP contribution < -0.4 is 10.1 Å². The van der Waals surface area contributed by atoms with E-state index >= 15 is 0 Å². The van der Waals surface area contributed by atoms with Gasteiger partial charge in [0.1, 0.15) is 12.4 Å². The predicted molar refractivity (Wildman–Crippen MR) is 109 cm³/mol. The van der Waals surface area contributed by atoms with Crippen molar-refractivity contribution in [3.05, 3.63) is 63.6 Å².